The van der Waals surface area contributed by atoms with Crippen molar-refractivity contribution in [1.29, 1.82) is 0 Å². The number of nitrogens with zero attached hydrogens (tertiary/aromatic N) is 1. The van der Waals surface area contributed by atoms with E-state index < -0.39 is 0 Å². The summed E-state index contributed by atoms with van der Waals surface area (Å²) in [4.78, 5) is 7.07. The number of fused-ring (bicyclic) bond motifs is 1. The number of hydrogen-bond donors (Lipinski definition) is 1. The highest BCUT2D eigenvalue weighted by molar-refractivity contribution is 5.73. The maximum Gasteiger partial charge on any atom is 0.0931 e. The van der Waals surface area contributed by atoms with E-state index in [1.165, 1.54) is 0 Å². The lowest BCUT2D eigenvalue weighted by atomic mass is 10.3. The van der Waals surface area contributed by atoms with Crippen molar-refractivity contribution in [3.8, 4) is 0 Å². The van der Waals surface area contributed by atoms with E-state index in [9.17, 15) is 0 Å². The molecule has 0 fully saturated rings. The van der Waals surface area contributed by atoms with E-state index in [4.69, 9.17) is 0 Å². The molecule has 1 aromatic carbocycles. The van der Waals surface area contributed by atoms with Crippen LogP contribution in [0.1, 0.15) is 41.5 Å². The Bertz CT molecular complexity index is 283. The first-order chi connectivity index (χ1) is 7.47. The Morgan fingerprint density at radius 2 is 1.40 bits per heavy atom. The van der Waals surface area contributed by atoms with Gasteiger partial charge in [-0.1, -0.05) is 53.7 Å². The van der Waals surface area contributed by atoms with Crippen molar-refractivity contribution in [2.75, 3.05) is 0 Å². The van der Waals surface area contributed by atoms with Crippen LogP contribution in [0.2, 0.25) is 0 Å². The molecule has 2 rings (SSSR count). The maximum atomic E-state index is 4.06. The summed E-state index contributed by atoms with van der Waals surface area (Å²) in [5, 5.41) is 0. The van der Waals surface area contributed by atoms with E-state index in [1.54, 1.807) is 6.33 Å². The molecule has 1 N–H and O–H groups in total. The number of imidazole rings is 1. The van der Waals surface area contributed by atoms with Crippen molar-refractivity contribution in [2.24, 2.45) is 0 Å². The van der Waals surface area contributed by atoms with Crippen LogP contribution in [0.15, 0.2) is 30.6 Å². The smallest absolute Gasteiger partial charge is 0.0931 e. The van der Waals surface area contributed by atoms with Crippen molar-refractivity contribution >= 4 is 11.0 Å². The number of H-pyrrole nitrogens is 1. The van der Waals surface area contributed by atoms with Gasteiger partial charge in [0.15, 0.2) is 0 Å². The molecule has 2 heteroatoms. The predicted molar refractivity (Wildman–Crippen MR) is 70.1 cm³/mol. The molecule has 86 valence electrons. The largest absolute Gasteiger partial charge is 0.345 e. The molecule has 1 heterocycles. The minimum Gasteiger partial charge on any atom is -0.345 e. The van der Waals surface area contributed by atoms with Gasteiger partial charge < -0.3 is 4.98 Å². The number of hydrogen-bond acceptors (Lipinski definition) is 1. The molecule has 2 nitrogen and oxygen atoms in total. The lowest BCUT2D eigenvalue weighted by molar-refractivity contribution is 1.34. The fourth-order valence-corrected chi connectivity index (χ4v) is 0.880. The fraction of sp³-hybridized carbons (Fsp3) is 0.462. The standard InChI is InChI=1S/C7H6N2.3C2H6/c1-2-4-7-6(3-1)8-5-9-7;3*1-2/h1-5H,(H,8,9);3*1-2H3. The van der Waals surface area contributed by atoms with E-state index in [2.05, 4.69) is 9.97 Å². The zero-order valence-electron chi connectivity index (χ0n) is 10.8. The molecular formula is C13H24N2. The lowest BCUT2D eigenvalue weighted by Gasteiger charge is -1.81. The number of aromatic nitrogens is 2. The monoisotopic (exact) mass is 208 g/mol. The third kappa shape index (κ3) is 5.89. The molecule has 15 heavy (non-hydrogen) atoms. The summed E-state index contributed by atoms with van der Waals surface area (Å²) < 4.78 is 0. The number of benzene rings is 1. The zero-order chi connectivity index (χ0) is 12.1. The van der Waals surface area contributed by atoms with Gasteiger partial charge >= 0.3 is 0 Å². The topological polar surface area (TPSA) is 28.7 Å². The first-order valence-corrected chi connectivity index (χ1v) is 5.85. The van der Waals surface area contributed by atoms with Gasteiger partial charge in [0.05, 0.1) is 17.4 Å². The number of aromatic amines is 1. The van der Waals surface area contributed by atoms with Crippen LogP contribution in [0.5, 0.6) is 0 Å². The van der Waals surface area contributed by atoms with Crippen LogP contribution in [-0.4, -0.2) is 9.97 Å². The average Bonchev–Trinajstić information content (AvgIpc) is 2.85. The summed E-state index contributed by atoms with van der Waals surface area (Å²) in [5.74, 6) is 0. The predicted octanol–water partition coefficient (Wildman–Crippen LogP) is 4.64. The Hall–Kier alpha value is -1.31. The Balaban J connectivity index is 0. The Morgan fingerprint density at radius 1 is 0.867 bits per heavy atom. The van der Waals surface area contributed by atoms with E-state index in [-0.39, 0.29) is 0 Å². The van der Waals surface area contributed by atoms with Crippen LogP contribution in [0.4, 0.5) is 0 Å². The summed E-state index contributed by atoms with van der Waals surface area (Å²) >= 11 is 0. The Morgan fingerprint density at radius 3 is 1.93 bits per heavy atom. The second-order valence-corrected chi connectivity index (χ2v) is 1.92. The maximum absolute atomic E-state index is 4.06. The summed E-state index contributed by atoms with van der Waals surface area (Å²) in [6.07, 6.45) is 1.70. The molecule has 0 atom stereocenters. The van der Waals surface area contributed by atoms with E-state index in [1.807, 2.05) is 65.8 Å². The Labute approximate surface area is 93.7 Å². The van der Waals surface area contributed by atoms with Crippen molar-refractivity contribution in [3.63, 3.8) is 0 Å². The molecule has 0 radical (unpaired) electrons. The summed E-state index contributed by atoms with van der Waals surface area (Å²) in [6.45, 7) is 12.0. The third-order valence-corrected chi connectivity index (χ3v) is 1.33. The van der Waals surface area contributed by atoms with Crippen molar-refractivity contribution in [1.82, 2.24) is 9.97 Å². The second-order valence-electron chi connectivity index (χ2n) is 1.92. The quantitative estimate of drug-likeness (QED) is 0.671. The first kappa shape index (κ1) is 16.1. The molecule has 0 saturated carbocycles. The second kappa shape index (κ2) is 12.7. The van der Waals surface area contributed by atoms with Crippen LogP contribution in [0, 0.1) is 0 Å². The molecule has 0 aliphatic heterocycles. The van der Waals surface area contributed by atoms with Gasteiger partial charge in [-0.3, -0.25) is 0 Å². The molecule has 0 spiro atoms. The molecule has 1 aromatic heterocycles. The third-order valence-electron chi connectivity index (χ3n) is 1.33. The van der Waals surface area contributed by atoms with Crippen molar-refractivity contribution in [2.45, 2.75) is 41.5 Å². The van der Waals surface area contributed by atoms with E-state index >= 15 is 0 Å². The van der Waals surface area contributed by atoms with E-state index in [0.29, 0.717) is 0 Å². The molecule has 0 aliphatic carbocycles. The zero-order valence-corrected chi connectivity index (χ0v) is 10.8. The highest BCUT2D eigenvalue weighted by Crippen LogP contribution is 2.05. The van der Waals surface area contributed by atoms with Crippen LogP contribution in [0.25, 0.3) is 11.0 Å². The molecular weight excluding hydrogens is 184 g/mol. The minimum atomic E-state index is 1.03. The molecule has 0 unspecified atom stereocenters. The van der Waals surface area contributed by atoms with Gasteiger partial charge in [0.1, 0.15) is 0 Å². The minimum absolute atomic E-state index is 1.03. The van der Waals surface area contributed by atoms with Gasteiger partial charge in [-0.2, -0.15) is 0 Å². The summed E-state index contributed by atoms with van der Waals surface area (Å²) in [5.41, 5.74) is 2.12. The molecule has 0 saturated heterocycles. The SMILES string of the molecule is CC.CC.CC.c1ccc2[nH]cnc2c1. The van der Waals surface area contributed by atoms with E-state index in [0.717, 1.165) is 11.0 Å². The number of para-hydroxylation sites is 2. The molecule has 0 bridgehead atoms. The normalized spacial score (nSPS) is 7.33. The first-order valence-electron chi connectivity index (χ1n) is 5.85. The number of nitrogens with one attached hydrogen (secondary N) is 1. The summed E-state index contributed by atoms with van der Waals surface area (Å²) in [6, 6.07) is 7.94. The van der Waals surface area contributed by atoms with Crippen LogP contribution < -0.4 is 0 Å². The fourth-order valence-electron chi connectivity index (χ4n) is 0.880. The van der Waals surface area contributed by atoms with Gasteiger partial charge in [-0.15, -0.1) is 0 Å². The van der Waals surface area contributed by atoms with Crippen LogP contribution in [-0.2, 0) is 0 Å². The van der Waals surface area contributed by atoms with Crippen LogP contribution in [0.3, 0.4) is 0 Å². The lowest BCUT2D eigenvalue weighted by Crippen LogP contribution is -1.63. The van der Waals surface area contributed by atoms with Gasteiger partial charge in [-0.25, -0.2) is 4.98 Å². The molecule has 0 aliphatic rings. The summed E-state index contributed by atoms with van der Waals surface area (Å²) in [7, 11) is 0. The molecule has 0 amide bonds. The van der Waals surface area contributed by atoms with Gasteiger partial charge in [0.25, 0.3) is 0 Å². The van der Waals surface area contributed by atoms with Gasteiger partial charge in [-0.05, 0) is 12.1 Å². The molecule has 2 aromatic rings. The van der Waals surface area contributed by atoms with Crippen LogP contribution >= 0.6 is 0 Å². The van der Waals surface area contributed by atoms with Gasteiger partial charge in [0, 0.05) is 0 Å². The highest BCUT2D eigenvalue weighted by Gasteiger charge is 1.88. The van der Waals surface area contributed by atoms with Gasteiger partial charge in [0.2, 0.25) is 0 Å². The highest BCUT2D eigenvalue weighted by atomic mass is 14.9. The van der Waals surface area contributed by atoms with Crippen molar-refractivity contribution < 1.29 is 0 Å². The number of rotatable bonds is 0. The van der Waals surface area contributed by atoms with Crippen molar-refractivity contribution in [3.05, 3.63) is 30.6 Å². The average molecular weight is 208 g/mol. The Kier molecular flexibility index (Phi) is 13.6.